The van der Waals surface area contributed by atoms with Gasteiger partial charge in [-0.1, -0.05) is 54.6 Å². The molecule has 0 aliphatic heterocycles. The summed E-state index contributed by atoms with van der Waals surface area (Å²) in [5.74, 6) is 0.170. The molecule has 87 valence electrons. The zero-order valence-electron chi connectivity index (χ0n) is 9.34. The van der Waals surface area contributed by atoms with E-state index in [0.717, 1.165) is 11.1 Å². The zero-order chi connectivity index (χ0) is 12.1. The van der Waals surface area contributed by atoms with Gasteiger partial charge in [-0.2, -0.15) is 0 Å². The molecule has 0 aromatic heterocycles. The van der Waals surface area contributed by atoms with Gasteiger partial charge in [-0.25, -0.2) is 8.42 Å². The van der Waals surface area contributed by atoms with Crippen molar-refractivity contribution in [1.29, 1.82) is 0 Å². The minimum Gasteiger partial charge on any atom is -0.228 e. The quantitative estimate of drug-likeness (QED) is 0.829. The Hall–Kier alpha value is -1.61. The second-order valence-electron chi connectivity index (χ2n) is 3.93. The summed E-state index contributed by atoms with van der Waals surface area (Å²) in [5, 5.41) is 0. The minimum absolute atomic E-state index is 0.0799. The number of hydrogen-bond donors (Lipinski definition) is 0. The maximum atomic E-state index is 12.0. The van der Waals surface area contributed by atoms with Crippen LogP contribution >= 0.6 is 0 Å². The molecule has 3 heteroatoms. The van der Waals surface area contributed by atoms with Crippen molar-refractivity contribution in [2.24, 2.45) is 0 Å². The van der Waals surface area contributed by atoms with Gasteiger partial charge in [-0.3, -0.25) is 0 Å². The van der Waals surface area contributed by atoms with Crippen LogP contribution in [0.2, 0.25) is 0 Å². The van der Waals surface area contributed by atoms with Gasteiger partial charge in [0, 0.05) is 0 Å². The summed E-state index contributed by atoms with van der Waals surface area (Å²) in [6, 6.07) is 19.1. The van der Waals surface area contributed by atoms with Gasteiger partial charge in [0.2, 0.25) is 0 Å². The van der Waals surface area contributed by atoms with Crippen molar-refractivity contribution in [1.82, 2.24) is 0 Å². The van der Waals surface area contributed by atoms with Crippen molar-refractivity contribution in [3.63, 3.8) is 0 Å². The van der Waals surface area contributed by atoms with Crippen LogP contribution in [0.5, 0.6) is 0 Å². The lowest BCUT2D eigenvalue weighted by Crippen LogP contribution is -2.07. The first-order valence-electron chi connectivity index (χ1n) is 5.35. The zero-order valence-corrected chi connectivity index (χ0v) is 10.2. The molecule has 0 bridgehead atoms. The fourth-order valence-electron chi connectivity index (χ4n) is 1.65. The summed E-state index contributed by atoms with van der Waals surface area (Å²) < 4.78 is 23.9. The van der Waals surface area contributed by atoms with E-state index in [2.05, 4.69) is 6.07 Å². The highest BCUT2D eigenvalue weighted by Gasteiger charge is 2.12. The first-order valence-corrected chi connectivity index (χ1v) is 7.17. The molecule has 2 nitrogen and oxygen atoms in total. The van der Waals surface area contributed by atoms with Crippen molar-refractivity contribution < 1.29 is 8.42 Å². The first-order chi connectivity index (χ1) is 8.16. The Kier molecular flexibility index (Phi) is 3.59. The lowest BCUT2D eigenvalue weighted by molar-refractivity contribution is 0.594. The highest BCUT2D eigenvalue weighted by atomic mass is 32.2. The average molecular weight is 245 g/mol. The van der Waals surface area contributed by atoms with Gasteiger partial charge in [-0.15, -0.1) is 0 Å². The number of sulfone groups is 1. The third kappa shape index (κ3) is 3.71. The van der Waals surface area contributed by atoms with E-state index in [4.69, 9.17) is 0 Å². The molecule has 0 N–H and O–H groups in total. The molecular formula is C14H13O2S. The molecule has 17 heavy (non-hydrogen) atoms. The lowest BCUT2D eigenvalue weighted by atomic mass is 10.2. The normalized spacial score (nSPS) is 11.3. The maximum Gasteiger partial charge on any atom is 0.158 e. The van der Waals surface area contributed by atoms with E-state index in [9.17, 15) is 8.42 Å². The van der Waals surface area contributed by atoms with Crippen LogP contribution in [0.4, 0.5) is 0 Å². The van der Waals surface area contributed by atoms with Gasteiger partial charge < -0.3 is 0 Å². The van der Waals surface area contributed by atoms with E-state index in [1.165, 1.54) is 0 Å². The van der Waals surface area contributed by atoms with E-state index in [1.54, 1.807) is 24.3 Å². The molecule has 0 heterocycles. The highest BCUT2D eigenvalue weighted by Crippen LogP contribution is 2.11. The number of rotatable bonds is 4. The Morgan fingerprint density at radius 3 is 1.94 bits per heavy atom. The Bertz CT molecular complexity index is 512. The Balaban J connectivity index is 2.11. The molecule has 0 unspecified atom stereocenters. The molecule has 2 rings (SSSR count). The van der Waals surface area contributed by atoms with Crippen molar-refractivity contribution in [3.05, 3.63) is 71.8 Å². The predicted octanol–water partition coefficient (Wildman–Crippen LogP) is 2.60. The molecule has 2 aromatic carbocycles. The molecule has 0 spiro atoms. The van der Waals surface area contributed by atoms with Crippen LogP contribution in [0.15, 0.2) is 54.6 Å². The maximum absolute atomic E-state index is 12.0. The summed E-state index contributed by atoms with van der Waals surface area (Å²) in [6.45, 7) is 0. The van der Waals surface area contributed by atoms with Gasteiger partial charge in [-0.05, 0) is 17.2 Å². The smallest absolute Gasteiger partial charge is 0.158 e. The molecule has 0 saturated heterocycles. The predicted molar refractivity (Wildman–Crippen MR) is 68.0 cm³/mol. The summed E-state index contributed by atoms with van der Waals surface area (Å²) in [5.41, 5.74) is 1.63. The van der Waals surface area contributed by atoms with Crippen LogP contribution in [0.3, 0.4) is 0 Å². The van der Waals surface area contributed by atoms with Gasteiger partial charge >= 0.3 is 0 Å². The van der Waals surface area contributed by atoms with Crippen LogP contribution in [0, 0.1) is 6.07 Å². The largest absolute Gasteiger partial charge is 0.228 e. The van der Waals surface area contributed by atoms with Gasteiger partial charge in [0.25, 0.3) is 0 Å². The van der Waals surface area contributed by atoms with Crippen molar-refractivity contribution in [2.75, 3.05) is 0 Å². The fraction of sp³-hybridized carbons (Fsp3) is 0.143. The third-order valence-electron chi connectivity index (χ3n) is 2.40. The lowest BCUT2D eigenvalue weighted by Gasteiger charge is -2.04. The SMILES string of the molecule is O=S(=O)(Cc1cc[c]cc1)Cc1ccccc1. The summed E-state index contributed by atoms with van der Waals surface area (Å²) in [6.07, 6.45) is 0. The standard InChI is InChI=1S/C14H13O2S/c15-17(16,11-13-7-3-1-4-8-13)12-14-9-5-2-6-10-14/h1,3-10H,11-12H2. The minimum atomic E-state index is -3.10. The number of hydrogen-bond acceptors (Lipinski definition) is 2. The van der Waals surface area contributed by atoms with Crippen LogP contribution < -0.4 is 0 Å². The van der Waals surface area contributed by atoms with Gasteiger partial charge in [0.1, 0.15) is 0 Å². The highest BCUT2D eigenvalue weighted by molar-refractivity contribution is 7.89. The molecular weight excluding hydrogens is 232 g/mol. The van der Waals surface area contributed by atoms with Crippen molar-refractivity contribution in [2.45, 2.75) is 11.5 Å². The van der Waals surface area contributed by atoms with E-state index >= 15 is 0 Å². The first kappa shape index (κ1) is 11.9. The molecule has 0 atom stereocenters. The Labute approximate surface area is 102 Å². The summed E-state index contributed by atoms with van der Waals surface area (Å²) in [4.78, 5) is 0. The number of benzene rings is 2. The van der Waals surface area contributed by atoms with Gasteiger partial charge in [0.15, 0.2) is 9.84 Å². The van der Waals surface area contributed by atoms with Crippen LogP contribution in [-0.2, 0) is 21.3 Å². The summed E-state index contributed by atoms with van der Waals surface area (Å²) >= 11 is 0. The molecule has 0 aliphatic rings. The van der Waals surface area contributed by atoms with Crippen LogP contribution in [0.1, 0.15) is 11.1 Å². The monoisotopic (exact) mass is 245 g/mol. The van der Waals surface area contributed by atoms with Crippen molar-refractivity contribution in [3.8, 4) is 0 Å². The molecule has 0 fully saturated rings. The Morgan fingerprint density at radius 2 is 1.35 bits per heavy atom. The molecule has 0 aliphatic carbocycles. The van der Waals surface area contributed by atoms with Gasteiger partial charge in [0.05, 0.1) is 11.5 Å². The molecule has 0 saturated carbocycles. The van der Waals surface area contributed by atoms with E-state index in [-0.39, 0.29) is 11.5 Å². The average Bonchev–Trinajstić information content (AvgIpc) is 2.30. The molecule has 0 amide bonds. The van der Waals surface area contributed by atoms with Crippen LogP contribution in [-0.4, -0.2) is 8.42 Å². The molecule has 2 aromatic rings. The van der Waals surface area contributed by atoms with E-state index in [1.807, 2.05) is 30.3 Å². The van der Waals surface area contributed by atoms with E-state index in [0.29, 0.717) is 0 Å². The second-order valence-corrected chi connectivity index (χ2v) is 5.99. The third-order valence-corrected chi connectivity index (χ3v) is 3.95. The fourth-order valence-corrected chi connectivity index (χ4v) is 3.15. The second kappa shape index (κ2) is 5.15. The topological polar surface area (TPSA) is 34.1 Å². The molecule has 1 radical (unpaired) electrons. The Morgan fingerprint density at radius 1 is 0.824 bits per heavy atom. The van der Waals surface area contributed by atoms with Crippen LogP contribution in [0.25, 0.3) is 0 Å². The van der Waals surface area contributed by atoms with E-state index < -0.39 is 9.84 Å². The van der Waals surface area contributed by atoms with Crippen molar-refractivity contribution >= 4 is 9.84 Å². The summed E-state index contributed by atoms with van der Waals surface area (Å²) in [7, 11) is -3.10.